The first kappa shape index (κ1) is 22.5. The third-order valence-electron chi connectivity index (χ3n) is 5.55. The van der Waals surface area contributed by atoms with E-state index in [1.54, 1.807) is 0 Å². The molecule has 0 aliphatic carbocycles. The van der Waals surface area contributed by atoms with Crippen LogP contribution in [0.3, 0.4) is 0 Å². The van der Waals surface area contributed by atoms with Crippen molar-refractivity contribution in [3.05, 3.63) is 115 Å². The van der Waals surface area contributed by atoms with Gasteiger partial charge in [0.25, 0.3) is 0 Å². The monoisotopic (exact) mass is 478 g/mol. The number of hydrogen-bond donors (Lipinski definition) is 0. The molecule has 0 saturated heterocycles. The number of furan rings is 1. The van der Waals surface area contributed by atoms with Gasteiger partial charge in [-0.15, -0.1) is 0 Å². The summed E-state index contributed by atoms with van der Waals surface area (Å²) in [6.07, 6.45) is 4.49. The van der Waals surface area contributed by atoms with Gasteiger partial charge in [-0.25, -0.2) is 0 Å². The molecule has 1 heterocycles. The molecule has 4 aromatic rings. The normalized spacial score (nSPS) is 11.1. The Morgan fingerprint density at radius 1 is 0.600 bits per heavy atom. The molecule has 0 saturated carbocycles. The lowest BCUT2D eigenvalue weighted by atomic mass is 10.2. The van der Waals surface area contributed by atoms with Crippen molar-refractivity contribution < 1.29 is 21.4 Å². The fourth-order valence-electron chi connectivity index (χ4n) is 4.15. The molecule has 0 aliphatic rings. The van der Waals surface area contributed by atoms with Gasteiger partial charge in [-0.3, -0.25) is 0 Å². The van der Waals surface area contributed by atoms with Gasteiger partial charge in [-0.1, -0.05) is 54.6 Å². The van der Waals surface area contributed by atoms with Crippen LogP contribution in [0.5, 0.6) is 0 Å². The molecule has 30 heavy (non-hydrogen) atoms. The summed E-state index contributed by atoms with van der Waals surface area (Å²) in [7, 11) is -1.70. The van der Waals surface area contributed by atoms with Crippen LogP contribution in [0.1, 0.15) is 24.4 Å². The molecule has 0 spiro atoms. The standard InChI is InChI=1S/C27H28OP.BrH/c1-23-20-21-24(28-23)13-11-12-22-29(25-14-5-2-6-15-25,26-16-7-3-8-17-26)27-18-9-4-10-19-27;/h2-10,14-21H,11-13,22H2,1H3;1H/q+1;/p-1. The van der Waals surface area contributed by atoms with E-state index in [-0.39, 0.29) is 17.0 Å². The minimum absolute atomic E-state index is 0. The molecule has 0 fully saturated rings. The summed E-state index contributed by atoms with van der Waals surface area (Å²) in [5.41, 5.74) is 0. The molecule has 4 rings (SSSR count). The zero-order chi connectivity index (χ0) is 19.9. The van der Waals surface area contributed by atoms with Gasteiger partial charge >= 0.3 is 0 Å². The molecule has 1 nitrogen and oxygen atoms in total. The lowest BCUT2D eigenvalue weighted by molar-refractivity contribution is -0.00000646. The molecule has 0 unspecified atom stereocenters. The Hall–Kier alpha value is -2.15. The second-order valence-electron chi connectivity index (χ2n) is 7.51. The lowest BCUT2D eigenvalue weighted by Crippen LogP contribution is -3.00. The van der Waals surface area contributed by atoms with E-state index in [1.165, 1.54) is 28.5 Å². The van der Waals surface area contributed by atoms with E-state index in [9.17, 15) is 0 Å². The van der Waals surface area contributed by atoms with Crippen molar-refractivity contribution in [1.82, 2.24) is 0 Å². The molecule has 0 bridgehead atoms. The minimum Gasteiger partial charge on any atom is -1.00 e. The summed E-state index contributed by atoms with van der Waals surface area (Å²) >= 11 is 0. The van der Waals surface area contributed by atoms with E-state index in [4.69, 9.17) is 4.42 Å². The predicted molar refractivity (Wildman–Crippen MR) is 126 cm³/mol. The maximum atomic E-state index is 5.78. The van der Waals surface area contributed by atoms with Gasteiger partial charge in [0.2, 0.25) is 0 Å². The zero-order valence-corrected chi connectivity index (χ0v) is 19.9. The van der Waals surface area contributed by atoms with E-state index in [0.29, 0.717) is 0 Å². The van der Waals surface area contributed by atoms with Crippen LogP contribution >= 0.6 is 7.26 Å². The summed E-state index contributed by atoms with van der Waals surface area (Å²) in [5.74, 6) is 2.10. The largest absolute Gasteiger partial charge is 1.00 e. The number of aryl methyl sites for hydroxylation is 2. The summed E-state index contributed by atoms with van der Waals surface area (Å²) < 4.78 is 5.78. The highest BCUT2D eigenvalue weighted by Crippen LogP contribution is 2.55. The highest BCUT2D eigenvalue weighted by atomic mass is 79.9. The minimum atomic E-state index is -1.70. The van der Waals surface area contributed by atoms with Crippen molar-refractivity contribution in [1.29, 1.82) is 0 Å². The van der Waals surface area contributed by atoms with Crippen LogP contribution in [-0.4, -0.2) is 6.16 Å². The molecule has 154 valence electrons. The number of unbranched alkanes of at least 4 members (excludes halogenated alkanes) is 1. The molecule has 0 atom stereocenters. The fraction of sp³-hybridized carbons (Fsp3) is 0.185. The average molecular weight is 479 g/mol. The van der Waals surface area contributed by atoms with E-state index in [1.807, 2.05) is 6.92 Å². The number of hydrogen-bond acceptors (Lipinski definition) is 1. The van der Waals surface area contributed by atoms with Gasteiger partial charge in [-0.2, -0.15) is 0 Å². The van der Waals surface area contributed by atoms with Gasteiger partial charge in [0.05, 0.1) is 6.16 Å². The van der Waals surface area contributed by atoms with Gasteiger partial charge < -0.3 is 21.4 Å². The number of halogens is 1. The van der Waals surface area contributed by atoms with Crippen molar-refractivity contribution in [2.45, 2.75) is 26.2 Å². The second-order valence-corrected chi connectivity index (χ2v) is 11.1. The summed E-state index contributed by atoms with van der Waals surface area (Å²) in [4.78, 5) is 0. The molecule has 3 heteroatoms. The first-order chi connectivity index (χ1) is 14.3. The van der Waals surface area contributed by atoms with Crippen molar-refractivity contribution >= 4 is 23.2 Å². The summed E-state index contributed by atoms with van der Waals surface area (Å²) in [5, 5.41) is 4.39. The van der Waals surface area contributed by atoms with Crippen LogP contribution in [0.25, 0.3) is 0 Å². The van der Waals surface area contributed by atoms with E-state index in [0.717, 1.165) is 24.4 Å². The molecule has 3 aromatic carbocycles. The molecular weight excluding hydrogens is 451 g/mol. The van der Waals surface area contributed by atoms with Crippen molar-refractivity contribution in [3.8, 4) is 0 Å². The maximum absolute atomic E-state index is 5.78. The van der Waals surface area contributed by atoms with Gasteiger partial charge in [-0.05, 0) is 68.3 Å². The molecule has 1 aromatic heterocycles. The van der Waals surface area contributed by atoms with E-state index >= 15 is 0 Å². The third kappa shape index (κ3) is 4.94. The van der Waals surface area contributed by atoms with Crippen LogP contribution < -0.4 is 32.9 Å². The highest BCUT2D eigenvalue weighted by molar-refractivity contribution is 7.95. The SMILES string of the molecule is Cc1ccc(CCCC[P+](c2ccccc2)(c2ccccc2)c2ccccc2)o1.[Br-]. The zero-order valence-electron chi connectivity index (χ0n) is 17.4. The van der Waals surface area contributed by atoms with E-state index in [2.05, 4.69) is 103 Å². The Kier molecular flexibility index (Phi) is 8.08. The van der Waals surface area contributed by atoms with Gasteiger partial charge in [0, 0.05) is 6.42 Å². The lowest BCUT2D eigenvalue weighted by Gasteiger charge is -2.27. The third-order valence-corrected chi connectivity index (χ3v) is 10.1. The van der Waals surface area contributed by atoms with Crippen LogP contribution in [-0.2, 0) is 6.42 Å². The Morgan fingerprint density at radius 3 is 1.47 bits per heavy atom. The Balaban J connectivity index is 0.00000256. The van der Waals surface area contributed by atoms with Crippen LogP contribution in [0.15, 0.2) is 108 Å². The van der Waals surface area contributed by atoms with Gasteiger partial charge in [0.15, 0.2) is 0 Å². The molecule has 0 aliphatic heterocycles. The fourth-order valence-corrected chi connectivity index (χ4v) is 8.56. The average Bonchev–Trinajstić information content (AvgIpc) is 3.21. The molecule has 0 amide bonds. The molecule has 0 N–H and O–H groups in total. The summed E-state index contributed by atoms with van der Waals surface area (Å²) in [6.45, 7) is 2.01. The Bertz CT molecular complexity index is 916. The first-order valence-electron chi connectivity index (χ1n) is 10.4. The number of benzene rings is 3. The van der Waals surface area contributed by atoms with E-state index < -0.39 is 7.26 Å². The highest BCUT2D eigenvalue weighted by Gasteiger charge is 2.44. The van der Waals surface area contributed by atoms with Crippen molar-refractivity contribution in [2.75, 3.05) is 6.16 Å². The Labute approximate surface area is 191 Å². The van der Waals surface area contributed by atoms with Crippen LogP contribution in [0.4, 0.5) is 0 Å². The van der Waals surface area contributed by atoms with Crippen molar-refractivity contribution in [2.24, 2.45) is 0 Å². The summed E-state index contributed by atoms with van der Waals surface area (Å²) in [6, 6.07) is 37.6. The maximum Gasteiger partial charge on any atom is 0.112 e. The van der Waals surface area contributed by atoms with Crippen LogP contribution in [0, 0.1) is 6.92 Å². The first-order valence-corrected chi connectivity index (χ1v) is 12.4. The van der Waals surface area contributed by atoms with Crippen LogP contribution in [0.2, 0.25) is 0 Å². The second kappa shape index (κ2) is 10.8. The van der Waals surface area contributed by atoms with Gasteiger partial charge in [0.1, 0.15) is 34.7 Å². The Morgan fingerprint density at radius 2 is 1.07 bits per heavy atom. The number of rotatable bonds is 8. The molecule has 0 radical (unpaired) electrons. The predicted octanol–water partition coefficient (Wildman–Crippen LogP) is 2.91. The molecular formula is C27H28BrOP. The smallest absolute Gasteiger partial charge is 0.112 e. The van der Waals surface area contributed by atoms with Crippen molar-refractivity contribution in [3.63, 3.8) is 0 Å². The topological polar surface area (TPSA) is 13.1 Å². The quantitative estimate of drug-likeness (QED) is 0.280.